The molecule has 4 heteroatoms. The molecule has 0 amide bonds. The van der Waals surface area contributed by atoms with Gasteiger partial charge in [-0.25, -0.2) is 0 Å². The lowest BCUT2D eigenvalue weighted by molar-refractivity contribution is 0.390. The van der Waals surface area contributed by atoms with Crippen LogP contribution in [0.25, 0.3) is 0 Å². The van der Waals surface area contributed by atoms with Crippen LogP contribution in [0.4, 0.5) is 0 Å². The number of aryl methyl sites for hydroxylation is 1. The van der Waals surface area contributed by atoms with Crippen LogP contribution in [-0.4, -0.2) is 27.9 Å². The van der Waals surface area contributed by atoms with Crippen molar-refractivity contribution in [2.45, 2.75) is 19.3 Å². The van der Waals surface area contributed by atoms with E-state index in [1.807, 2.05) is 30.3 Å². The quantitative estimate of drug-likeness (QED) is 0.852. The van der Waals surface area contributed by atoms with Crippen LogP contribution in [0.1, 0.15) is 22.6 Å². The molecule has 0 radical (unpaired) electrons. The molecule has 124 valence electrons. The number of rotatable bonds is 7. The topological polar surface area (TPSA) is 53.7 Å². The highest BCUT2D eigenvalue weighted by Gasteiger charge is 2.16. The molecule has 2 rings (SSSR count). The lowest BCUT2D eigenvalue weighted by Crippen LogP contribution is -2.16. The van der Waals surface area contributed by atoms with Crippen LogP contribution in [0.3, 0.4) is 0 Å². The van der Waals surface area contributed by atoms with Gasteiger partial charge in [0.2, 0.25) is 0 Å². The van der Waals surface area contributed by atoms with Crippen molar-refractivity contribution < 1.29 is 14.2 Å². The van der Waals surface area contributed by atoms with Crippen LogP contribution < -0.4 is 19.9 Å². The van der Waals surface area contributed by atoms with Crippen LogP contribution in [0.5, 0.6) is 17.2 Å². The van der Waals surface area contributed by atoms with Gasteiger partial charge in [0.15, 0.2) is 0 Å². The maximum atomic E-state index is 6.04. The van der Waals surface area contributed by atoms with E-state index in [-0.39, 0.29) is 5.92 Å². The molecule has 23 heavy (non-hydrogen) atoms. The molecule has 0 bridgehead atoms. The predicted molar refractivity (Wildman–Crippen MR) is 92.8 cm³/mol. The average Bonchev–Trinajstić information content (AvgIpc) is 2.59. The lowest BCUT2D eigenvalue weighted by Gasteiger charge is -2.20. The van der Waals surface area contributed by atoms with Crippen LogP contribution in [0, 0.1) is 6.92 Å². The second kappa shape index (κ2) is 7.88. The van der Waals surface area contributed by atoms with Crippen molar-refractivity contribution in [1.82, 2.24) is 0 Å². The minimum Gasteiger partial charge on any atom is -0.497 e. The normalized spacial score (nSPS) is 11.9. The molecule has 0 aromatic heterocycles. The van der Waals surface area contributed by atoms with E-state index in [0.29, 0.717) is 6.54 Å². The van der Waals surface area contributed by atoms with Crippen molar-refractivity contribution in [2.24, 2.45) is 5.73 Å². The zero-order valence-electron chi connectivity index (χ0n) is 14.3. The first-order chi connectivity index (χ1) is 11.1. The molecular weight excluding hydrogens is 290 g/mol. The van der Waals surface area contributed by atoms with Crippen LogP contribution in [-0.2, 0) is 6.42 Å². The average molecular weight is 315 g/mol. The van der Waals surface area contributed by atoms with E-state index in [1.165, 1.54) is 11.1 Å². The number of nitrogens with two attached hydrogens (primary N) is 1. The molecule has 0 fully saturated rings. The van der Waals surface area contributed by atoms with E-state index in [1.54, 1.807) is 21.3 Å². The largest absolute Gasteiger partial charge is 0.497 e. The van der Waals surface area contributed by atoms with Crippen molar-refractivity contribution in [1.29, 1.82) is 0 Å². The Morgan fingerprint density at radius 1 is 0.913 bits per heavy atom. The summed E-state index contributed by atoms with van der Waals surface area (Å²) in [4.78, 5) is 0. The Bertz CT molecular complexity index is 655. The molecule has 2 aromatic carbocycles. The highest BCUT2D eigenvalue weighted by atomic mass is 16.5. The number of methoxy groups -OCH3 is 3. The van der Waals surface area contributed by atoms with E-state index in [0.717, 1.165) is 29.2 Å². The summed E-state index contributed by atoms with van der Waals surface area (Å²) in [6.45, 7) is 2.66. The molecule has 1 unspecified atom stereocenters. The Balaban J connectivity index is 2.29. The molecule has 0 aliphatic carbocycles. The van der Waals surface area contributed by atoms with Gasteiger partial charge in [0.25, 0.3) is 0 Å². The number of ether oxygens (including phenoxy) is 3. The minimum atomic E-state index is 0.225. The number of hydrogen-bond donors (Lipinski definition) is 1. The first-order valence-corrected chi connectivity index (χ1v) is 7.68. The summed E-state index contributed by atoms with van der Waals surface area (Å²) < 4.78 is 16.0. The molecule has 0 saturated carbocycles. The molecule has 2 N–H and O–H groups in total. The second-order valence-corrected chi connectivity index (χ2v) is 5.54. The van der Waals surface area contributed by atoms with Gasteiger partial charge in [0.05, 0.1) is 21.3 Å². The Labute approximate surface area is 138 Å². The smallest absolute Gasteiger partial charge is 0.125 e. The fourth-order valence-electron chi connectivity index (χ4n) is 2.84. The zero-order valence-corrected chi connectivity index (χ0v) is 14.3. The fourth-order valence-corrected chi connectivity index (χ4v) is 2.84. The third-order valence-corrected chi connectivity index (χ3v) is 4.16. The Morgan fingerprint density at radius 3 is 2.13 bits per heavy atom. The molecule has 0 aliphatic heterocycles. The highest BCUT2D eigenvalue weighted by molar-refractivity contribution is 5.43. The Kier molecular flexibility index (Phi) is 5.88. The van der Waals surface area contributed by atoms with E-state index in [4.69, 9.17) is 19.9 Å². The third-order valence-electron chi connectivity index (χ3n) is 4.16. The molecule has 1 atom stereocenters. The van der Waals surface area contributed by atoms with Gasteiger partial charge in [-0.1, -0.05) is 12.1 Å². The summed E-state index contributed by atoms with van der Waals surface area (Å²) in [5.41, 5.74) is 9.60. The van der Waals surface area contributed by atoms with Gasteiger partial charge < -0.3 is 19.9 Å². The molecule has 0 saturated heterocycles. The summed E-state index contributed by atoms with van der Waals surface area (Å²) in [6, 6.07) is 12.0. The summed E-state index contributed by atoms with van der Waals surface area (Å²) >= 11 is 0. The summed E-state index contributed by atoms with van der Waals surface area (Å²) in [7, 11) is 5.00. The first-order valence-electron chi connectivity index (χ1n) is 7.68. The maximum absolute atomic E-state index is 6.04. The molecule has 0 heterocycles. The highest BCUT2D eigenvalue weighted by Crippen LogP contribution is 2.31. The predicted octanol–water partition coefficient (Wildman–Crippen LogP) is 3.31. The SMILES string of the molecule is COc1ccc(C(CN)Cc2ccc(OC)cc2OC)c(C)c1. The van der Waals surface area contributed by atoms with Gasteiger partial charge in [-0.15, -0.1) is 0 Å². The summed E-state index contributed by atoms with van der Waals surface area (Å²) in [5.74, 6) is 2.71. The number of benzene rings is 2. The van der Waals surface area contributed by atoms with E-state index < -0.39 is 0 Å². The second-order valence-electron chi connectivity index (χ2n) is 5.54. The summed E-state index contributed by atoms with van der Waals surface area (Å²) in [6.07, 6.45) is 0.816. The molecular formula is C19H25NO3. The van der Waals surface area contributed by atoms with Crippen molar-refractivity contribution >= 4 is 0 Å². The first kappa shape index (κ1) is 17.2. The van der Waals surface area contributed by atoms with Crippen molar-refractivity contribution in [3.05, 3.63) is 53.1 Å². The molecule has 2 aromatic rings. The molecule has 4 nitrogen and oxygen atoms in total. The van der Waals surface area contributed by atoms with Gasteiger partial charge in [-0.3, -0.25) is 0 Å². The van der Waals surface area contributed by atoms with Crippen LogP contribution >= 0.6 is 0 Å². The van der Waals surface area contributed by atoms with Gasteiger partial charge in [-0.05, 0) is 54.8 Å². The Hall–Kier alpha value is -2.20. The molecule has 0 aliphatic rings. The van der Waals surface area contributed by atoms with Crippen molar-refractivity contribution in [3.63, 3.8) is 0 Å². The Morgan fingerprint density at radius 2 is 1.57 bits per heavy atom. The monoisotopic (exact) mass is 315 g/mol. The third kappa shape index (κ3) is 3.96. The zero-order chi connectivity index (χ0) is 16.8. The van der Waals surface area contributed by atoms with Gasteiger partial charge in [0.1, 0.15) is 17.2 Å². The van der Waals surface area contributed by atoms with E-state index in [9.17, 15) is 0 Å². The van der Waals surface area contributed by atoms with Crippen LogP contribution in [0.15, 0.2) is 36.4 Å². The fraction of sp³-hybridized carbons (Fsp3) is 0.368. The standard InChI is InChI=1S/C19H25NO3/c1-13-9-16(21-2)7-8-18(13)15(12-20)10-14-5-6-17(22-3)11-19(14)23-4/h5-9,11,15H,10,12,20H2,1-4H3. The van der Waals surface area contributed by atoms with Gasteiger partial charge >= 0.3 is 0 Å². The van der Waals surface area contributed by atoms with Gasteiger partial charge in [0, 0.05) is 12.0 Å². The number of hydrogen-bond acceptors (Lipinski definition) is 4. The van der Waals surface area contributed by atoms with Crippen molar-refractivity contribution in [2.75, 3.05) is 27.9 Å². The summed E-state index contributed by atoms with van der Waals surface area (Å²) in [5, 5.41) is 0. The van der Waals surface area contributed by atoms with Gasteiger partial charge in [-0.2, -0.15) is 0 Å². The van der Waals surface area contributed by atoms with E-state index in [2.05, 4.69) is 13.0 Å². The molecule has 0 spiro atoms. The van der Waals surface area contributed by atoms with Crippen LogP contribution in [0.2, 0.25) is 0 Å². The van der Waals surface area contributed by atoms with E-state index >= 15 is 0 Å². The minimum absolute atomic E-state index is 0.225. The maximum Gasteiger partial charge on any atom is 0.125 e. The lowest BCUT2D eigenvalue weighted by atomic mass is 9.89. The van der Waals surface area contributed by atoms with Crippen molar-refractivity contribution in [3.8, 4) is 17.2 Å².